The fourth-order valence-electron chi connectivity index (χ4n) is 4.52. The monoisotopic (exact) mass is 486 g/mol. The first kappa shape index (κ1) is 22.3. The molecular weight excluding hydrogens is 462 g/mol. The highest BCUT2D eigenvalue weighted by Crippen LogP contribution is 2.39. The summed E-state index contributed by atoms with van der Waals surface area (Å²) in [7, 11) is 0. The summed E-state index contributed by atoms with van der Waals surface area (Å²) in [6.07, 6.45) is 6.77. The maximum Gasteiger partial charge on any atom is 0.251 e. The van der Waals surface area contributed by atoms with Crippen LogP contribution in [0.15, 0.2) is 55.1 Å². The molecule has 0 spiro atoms. The fourth-order valence-corrected chi connectivity index (χ4v) is 4.52. The smallest absolute Gasteiger partial charge is 0.251 e. The van der Waals surface area contributed by atoms with E-state index in [1.54, 1.807) is 35.2 Å². The molecule has 9 heteroatoms. The lowest BCUT2D eigenvalue weighted by Gasteiger charge is -2.32. The molecule has 2 aliphatic rings. The van der Waals surface area contributed by atoms with Crippen molar-refractivity contribution in [2.45, 2.75) is 38.0 Å². The molecule has 0 unspecified atom stereocenters. The lowest BCUT2D eigenvalue weighted by atomic mass is 9.79. The largest absolute Gasteiger partial charge is 0.351 e. The molecule has 2 aromatic carbocycles. The molecule has 36 heavy (non-hydrogen) atoms. The Morgan fingerprint density at radius 1 is 1.08 bits per heavy atom. The van der Waals surface area contributed by atoms with Gasteiger partial charge in [-0.3, -0.25) is 4.79 Å². The Labute approximate surface area is 206 Å². The minimum absolute atomic E-state index is 0.0359. The van der Waals surface area contributed by atoms with Gasteiger partial charge in [0.15, 0.2) is 17.5 Å². The molecule has 4 aromatic rings. The molecule has 0 radical (unpaired) electrons. The van der Waals surface area contributed by atoms with Gasteiger partial charge in [-0.2, -0.15) is 0 Å². The second-order valence-corrected chi connectivity index (χ2v) is 9.99. The second kappa shape index (κ2) is 8.22. The first-order valence-electron chi connectivity index (χ1n) is 11.8. The van der Waals surface area contributed by atoms with Gasteiger partial charge in [0, 0.05) is 40.9 Å². The van der Waals surface area contributed by atoms with Crippen molar-refractivity contribution in [3.05, 3.63) is 83.6 Å². The maximum absolute atomic E-state index is 15.0. The SMILES string of the molecule is CC1(C)CNC(=O)c2ccc(Nc3nc(-c4ccc(-n5cnc(C6CC6)c5)c(F)c4)ncc3F)cc21. The summed E-state index contributed by atoms with van der Waals surface area (Å²) in [5, 5.41) is 5.88. The van der Waals surface area contributed by atoms with Crippen molar-refractivity contribution in [2.75, 3.05) is 11.9 Å². The van der Waals surface area contributed by atoms with E-state index >= 15 is 4.39 Å². The Kier molecular flexibility index (Phi) is 5.10. The van der Waals surface area contributed by atoms with Crippen LogP contribution >= 0.6 is 0 Å². The van der Waals surface area contributed by atoms with E-state index in [1.807, 2.05) is 26.1 Å². The highest BCUT2D eigenvalue weighted by Gasteiger charge is 2.31. The number of benzene rings is 2. The number of nitrogens with zero attached hydrogens (tertiary/aromatic N) is 4. The normalized spacial score (nSPS) is 16.4. The minimum atomic E-state index is -0.642. The second-order valence-electron chi connectivity index (χ2n) is 9.99. The number of halogens is 2. The molecule has 3 heterocycles. The van der Waals surface area contributed by atoms with E-state index in [4.69, 9.17) is 0 Å². The number of hydrogen-bond acceptors (Lipinski definition) is 5. The summed E-state index contributed by atoms with van der Waals surface area (Å²) in [6.45, 7) is 4.58. The van der Waals surface area contributed by atoms with Crippen LogP contribution in [0.4, 0.5) is 20.3 Å². The summed E-state index contributed by atoms with van der Waals surface area (Å²) in [6, 6.07) is 9.93. The van der Waals surface area contributed by atoms with E-state index < -0.39 is 11.6 Å². The molecule has 1 saturated carbocycles. The van der Waals surface area contributed by atoms with Crippen molar-refractivity contribution >= 4 is 17.4 Å². The van der Waals surface area contributed by atoms with Gasteiger partial charge in [-0.25, -0.2) is 23.7 Å². The van der Waals surface area contributed by atoms with Crippen LogP contribution in [-0.2, 0) is 5.41 Å². The van der Waals surface area contributed by atoms with Crippen LogP contribution < -0.4 is 10.6 Å². The van der Waals surface area contributed by atoms with Crippen molar-refractivity contribution in [1.29, 1.82) is 0 Å². The maximum atomic E-state index is 15.0. The average molecular weight is 487 g/mol. The zero-order valence-corrected chi connectivity index (χ0v) is 19.8. The third-order valence-corrected chi connectivity index (χ3v) is 6.77. The summed E-state index contributed by atoms with van der Waals surface area (Å²) in [4.78, 5) is 25.0. The van der Waals surface area contributed by atoms with E-state index in [0.29, 0.717) is 35.0 Å². The zero-order valence-electron chi connectivity index (χ0n) is 19.8. The van der Waals surface area contributed by atoms with Gasteiger partial charge in [0.25, 0.3) is 5.91 Å². The van der Waals surface area contributed by atoms with Gasteiger partial charge >= 0.3 is 0 Å². The predicted molar refractivity (Wildman–Crippen MR) is 132 cm³/mol. The van der Waals surface area contributed by atoms with Crippen molar-refractivity contribution < 1.29 is 13.6 Å². The molecule has 7 nitrogen and oxygen atoms in total. The van der Waals surface area contributed by atoms with Gasteiger partial charge in [-0.05, 0) is 54.8 Å². The van der Waals surface area contributed by atoms with Crippen LogP contribution in [0.25, 0.3) is 17.1 Å². The van der Waals surface area contributed by atoms with Crippen molar-refractivity contribution in [3.63, 3.8) is 0 Å². The van der Waals surface area contributed by atoms with Crippen LogP contribution in [0.3, 0.4) is 0 Å². The van der Waals surface area contributed by atoms with Gasteiger partial charge in [0.05, 0.1) is 23.9 Å². The number of imidazole rings is 1. The summed E-state index contributed by atoms with van der Waals surface area (Å²) in [5.74, 6) is -0.597. The van der Waals surface area contributed by atoms with Crippen LogP contribution in [0, 0.1) is 11.6 Å². The minimum Gasteiger partial charge on any atom is -0.351 e. The van der Waals surface area contributed by atoms with Gasteiger partial charge in [0.1, 0.15) is 5.82 Å². The Morgan fingerprint density at radius 3 is 2.69 bits per heavy atom. The van der Waals surface area contributed by atoms with Crippen molar-refractivity contribution in [2.24, 2.45) is 0 Å². The van der Waals surface area contributed by atoms with Gasteiger partial charge in [-0.15, -0.1) is 0 Å². The molecule has 0 bridgehead atoms. The van der Waals surface area contributed by atoms with Crippen LogP contribution in [0.1, 0.15) is 54.2 Å². The summed E-state index contributed by atoms with van der Waals surface area (Å²) in [5.41, 5.74) is 3.55. The third-order valence-electron chi connectivity index (χ3n) is 6.77. The highest BCUT2D eigenvalue weighted by molar-refractivity contribution is 5.98. The lowest BCUT2D eigenvalue weighted by molar-refractivity contribution is 0.0930. The highest BCUT2D eigenvalue weighted by atomic mass is 19.1. The standard InChI is InChI=1S/C27H24F2N6O/c1-27(2)13-31-26(36)18-7-6-17(10-19(18)27)33-25-21(29)11-30-24(34-25)16-5-8-23(20(28)9-16)35-12-22(32-14-35)15-3-4-15/h5-12,14-15H,3-4,13H2,1-2H3,(H,31,36)(H,30,33,34). The quantitative estimate of drug-likeness (QED) is 0.403. The van der Waals surface area contributed by atoms with E-state index in [1.165, 1.54) is 6.07 Å². The van der Waals surface area contributed by atoms with Gasteiger partial charge in [-0.1, -0.05) is 13.8 Å². The fraction of sp³-hybridized carbons (Fsp3) is 0.259. The average Bonchev–Trinajstić information content (AvgIpc) is 3.60. The molecule has 2 N–H and O–H groups in total. The molecule has 0 saturated heterocycles. The summed E-state index contributed by atoms with van der Waals surface area (Å²) >= 11 is 0. The topological polar surface area (TPSA) is 84.7 Å². The first-order valence-corrected chi connectivity index (χ1v) is 11.8. The van der Waals surface area contributed by atoms with Crippen LogP contribution in [0.2, 0.25) is 0 Å². The number of carbonyl (C=O) groups is 1. The Morgan fingerprint density at radius 2 is 1.92 bits per heavy atom. The molecule has 1 fully saturated rings. The number of amides is 1. The van der Waals surface area contributed by atoms with Crippen molar-refractivity contribution in [1.82, 2.24) is 24.8 Å². The Bertz CT molecular complexity index is 1510. The summed E-state index contributed by atoms with van der Waals surface area (Å²) < 4.78 is 31.3. The molecule has 0 atom stereocenters. The first-order chi connectivity index (χ1) is 17.3. The van der Waals surface area contributed by atoms with Crippen LogP contribution in [0.5, 0.6) is 0 Å². The van der Waals surface area contributed by atoms with Crippen molar-refractivity contribution in [3.8, 4) is 17.1 Å². The zero-order chi connectivity index (χ0) is 25.0. The van der Waals surface area contributed by atoms with E-state index in [9.17, 15) is 9.18 Å². The Balaban J connectivity index is 1.29. The number of rotatable bonds is 5. The molecule has 1 amide bonds. The van der Waals surface area contributed by atoms with Gasteiger partial charge in [0.2, 0.25) is 0 Å². The number of carbonyl (C=O) groups excluding carboxylic acids is 1. The molecule has 6 rings (SSSR count). The van der Waals surface area contributed by atoms with Gasteiger partial charge < -0.3 is 15.2 Å². The molecular formula is C27H24F2N6O. The van der Waals surface area contributed by atoms with E-state index in [-0.39, 0.29) is 23.0 Å². The molecule has 182 valence electrons. The number of nitrogens with one attached hydrogen (secondary N) is 2. The molecule has 1 aliphatic heterocycles. The molecule has 1 aliphatic carbocycles. The number of fused-ring (bicyclic) bond motifs is 1. The predicted octanol–water partition coefficient (Wildman–Crippen LogP) is 5.25. The lowest BCUT2D eigenvalue weighted by Crippen LogP contribution is -2.43. The van der Waals surface area contributed by atoms with E-state index in [0.717, 1.165) is 30.3 Å². The number of anilines is 2. The molecule has 2 aromatic heterocycles. The number of aromatic nitrogens is 4. The number of hydrogen-bond donors (Lipinski definition) is 2. The Hall–Kier alpha value is -4.14. The van der Waals surface area contributed by atoms with Crippen LogP contribution in [-0.4, -0.2) is 32.0 Å². The third kappa shape index (κ3) is 4.00. The van der Waals surface area contributed by atoms with E-state index in [2.05, 4.69) is 25.6 Å².